The van der Waals surface area contributed by atoms with E-state index in [9.17, 15) is 14.4 Å². The number of thioether (sulfide) groups is 1. The lowest BCUT2D eigenvalue weighted by molar-refractivity contribution is -0.145. The van der Waals surface area contributed by atoms with Crippen LogP contribution in [0.5, 0.6) is 0 Å². The van der Waals surface area contributed by atoms with Crippen LogP contribution < -0.4 is 5.32 Å². The first-order valence-electron chi connectivity index (χ1n) is 12.0. The first-order chi connectivity index (χ1) is 18.5. The van der Waals surface area contributed by atoms with Gasteiger partial charge in [0.1, 0.15) is 11.0 Å². The number of nitrogens with zero attached hydrogens (tertiary/aromatic N) is 2. The molecule has 0 aliphatic heterocycles. The number of nitrogens with one attached hydrogen (secondary N) is 1. The summed E-state index contributed by atoms with van der Waals surface area (Å²) < 4.78 is 4.99. The molecule has 194 valence electrons. The Hall–Kier alpha value is -3.82. The Morgan fingerprint density at radius 2 is 1.74 bits per heavy atom. The molecule has 0 radical (unpaired) electrons. The zero-order valence-electron chi connectivity index (χ0n) is 20.8. The van der Waals surface area contributed by atoms with Crippen LogP contribution in [0.3, 0.4) is 0 Å². The maximum Gasteiger partial charge on any atom is 0.328 e. The van der Waals surface area contributed by atoms with Crippen molar-refractivity contribution in [2.24, 2.45) is 5.92 Å². The van der Waals surface area contributed by atoms with Crippen molar-refractivity contribution in [1.82, 2.24) is 15.3 Å². The minimum absolute atomic E-state index is 0.112. The third kappa shape index (κ3) is 7.60. The van der Waals surface area contributed by atoms with Crippen LogP contribution in [0.1, 0.15) is 21.5 Å². The van der Waals surface area contributed by atoms with Crippen LogP contribution in [-0.4, -0.2) is 45.9 Å². The predicted molar refractivity (Wildman–Crippen MR) is 150 cm³/mol. The molecule has 2 unspecified atom stereocenters. The van der Waals surface area contributed by atoms with Crippen LogP contribution in [0.4, 0.5) is 0 Å². The SMILES string of the molecule is COC(=O)C(Cc1ccc(-c2nccs2)cc1)NC(=O)C(CSC(=O)c1ccccc1)Cc1cccnc1. The summed E-state index contributed by atoms with van der Waals surface area (Å²) in [6, 6.07) is 19.5. The van der Waals surface area contributed by atoms with E-state index in [4.69, 9.17) is 4.74 Å². The van der Waals surface area contributed by atoms with Gasteiger partial charge in [0, 0.05) is 47.3 Å². The van der Waals surface area contributed by atoms with Gasteiger partial charge in [0.2, 0.25) is 11.0 Å². The van der Waals surface area contributed by atoms with E-state index in [1.807, 2.05) is 41.8 Å². The summed E-state index contributed by atoms with van der Waals surface area (Å²) in [4.78, 5) is 47.2. The second-order valence-electron chi connectivity index (χ2n) is 8.55. The summed E-state index contributed by atoms with van der Waals surface area (Å²) in [5.41, 5.74) is 3.30. The number of esters is 1. The number of hydrogen-bond acceptors (Lipinski definition) is 8. The maximum atomic E-state index is 13.5. The van der Waals surface area contributed by atoms with Gasteiger partial charge in [0.05, 0.1) is 13.0 Å². The largest absolute Gasteiger partial charge is 0.467 e. The molecular formula is C29H27N3O4S2. The van der Waals surface area contributed by atoms with E-state index < -0.39 is 17.9 Å². The molecule has 1 amide bonds. The lowest BCUT2D eigenvalue weighted by Crippen LogP contribution is -2.46. The van der Waals surface area contributed by atoms with Crippen molar-refractivity contribution in [3.63, 3.8) is 0 Å². The van der Waals surface area contributed by atoms with Crippen LogP contribution in [0, 0.1) is 5.92 Å². The normalized spacial score (nSPS) is 12.3. The molecule has 2 heterocycles. The fourth-order valence-corrected chi connectivity index (χ4v) is 5.44. The highest BCUT2D eigenvalue weighted by atomic mass is 32.2. The van der Waals surface area contributed by atoms with Crippen molar-refractivity contribution in [2.75, 3.05) is 12.9 Å². The van der Waals surface area contributed by atoms with Gasteiger partial charge in [-0.1, -0.05) is 72.4 Å². The molecule has 0 fully saturated rings. The summed E-state index contributed by atoms with van der Waals surface area (Å²) in [7, 11) is 1.30. The molecule has 4 rings (SSSR count). The summed E-state index contributed by atoms with van der Waals surface area (Å²) >= 11 is 2.64. The summed E-state index contributed by atoms with van der Waals surface area (Å²) in [6.45, 7) is 0. The van der Waals surface area contributed by atoms with Crippen LogP contribution in [0.2, 0.25) is 0 Å². The molecule has 0 saturated heterocycles. The minimum atomic E-state index is -0.871. The summed E-state index contributed by atoms with van der Waals surface area (Å²) in [6.07, 6.45) is 5.77. The molecule has 2 atom stereocenters. The first kappa shape index (κ1) is 27.2. The number of rotatable bonds is 11. The number of thiazole rings is 1. The topological polar surface area (TPSA) is 98.2 Å². The van der Waals surface area contributed by atoms with Gasteiger partial charge < -0.3 is 10.1 Å². The van der Waals surface area contributed by atoms with E-state index >= 15 is 0 Å². The Kier molecular flexibility index (Phi) is 9.77. The van der Waals surface area contributed by atoms with Crippen molar-refractivity contribution in [3.05, 3.63) is 107 Å². The van der Waals surface area contributed by atoms with Gasteiger partial charge in [0.15, 0.2) is 0 Å². The van der Waals surface area contributed by atoms with E-state index in [1.54, 1.807) is 60.3 Å². The summed E-state index contributed by atoms with van der Waals surface area (Å²) in [5.74, 6) is -1.16. The highest BCUT2D eigenvalue weighted by Crippen LogP contribution is 2.23. The number of benzene rings is 2. The molecule has 0 saturated carbocycles. The molecule has 0 spiro atoms. The van der Waals surface area contributed by atoms with Crippen LogP contribution >= 0.6 is 23.1 Å². The van der Waals surface area contributed by atoms with Crippen molar-refractivity contribution in [2.45, 2.75) is 18.9 Å². The molecule has 1 N–H and O–H groups in total. The number of hydrogen-bond donors (Lipinski definition) is 1. The molecular weight excluding hydrogens is 518 g/mol. The number of ether oxygens (including phenoxy) is 1. The molecule has 7 nitrogen and oxygen atoms in total. The van der Waals surface area contributed by atoms with Gasteiger partial charge in [-0.2, -0.15) is 0 Å². The van der Waals surface area contributed by atoms with Crippen molar-refractivity contribution < 1.29 is 19.1 Å². The number of aromatic nitrogens is 2. The second kappa shape index (κ2) is 13.6. The third-order valence-corrected chi connectivity index (χ3v) is 7.77. The maximum absolute atomic E-state index is 13.5. The van der Waals surface area contributed by atoms with Crippen LogP contribution in [0.25, 0.3) is 10.6 Å². The zero-order chi connectivity index (χ0) is 26.7. The molecule has 0 aliphatic rings. The van der Waals surface area contributed by atoms with Crippen LogP contribution in [0.15, 0.2) is 90.7 Å². The van der Waals surface area contributed by atoms with Crippen molar-refractivity contribution in [1.29, 1.82) is 0 Å². The summed E-state index contributed by atoms with van der Waals surface area (Å²) in [5, 5.41) is 5.59. The van der Waals surface area contributed by atoms with Gasteiger partial charge in [0.25, 0.3) is 0 Å². The Labute approximate surface area is 229 Å². The molecule has 0 bridgehead atoms. The van der Waals surface area contributed by atoms with Crippen LogP contribution in [-0.2, 0) is 27.2 Å². The minimum Gasteiger partial charge on any atom is -0.467 e. The Morgan fingerprint density at radius 3 is 2.39 bits per heavy atom. The quantitative estimate of drug-likeness (QED) is 0.269. The van der Waals surface area contributed by atoms with Crippen molar-refractivity contribution in [3.8, 4) is 10.6 Å². The Balaban J connectivity index is 1.46. The first-order valence-corrected chi connectivity index (χ1v) is 13.9. The van der Waals surface area contributed by atoms with E-state index in [-0.39, 0.29) is 23.2 Å². The second-order valence-corrected chi connectivity index (χ2v) is 10.4. The molecule has 38 heavy (non-hydrogen) atoms. The fourth-order valence-electron chi connectivity index (χ4n) is 3.87. The third-order valence-electron chi connectivity index (χ3n) is 5.88. The molecule has 0 aliphatic carbocycles. The van der Waals surface area contributed by atoms with Gasteiger partial charge in [-0.15, -0.1) is 11.3 Å². The van der Waals surface area contributed by atoms with Gasteiger partial charge in [-0.3, -0.25) is 14.6 Å². The number of carbonyl (C=O) groups is 3. The predicted octanol–water partition coefficient (Wildman–Crippen LogP) is 4.84. The van der Waals surface area contributed by atoms with Crippen molar-refractivity contribution >= 4 is 40.1 Å². The van der Waals surface area contributed by atoms with Gasteiger partial charge in [-0.05, 0) is 23.6 Å². The number of pyridine rings is 1. The average molecular weight is 546 g/mol. The van der Waals surface area contributed by atoms with E-state index in [1.165, 1.54) is 7.11 Å². The standard InChI is InChI=1S/C29H27N3O4S2/c1-36-28(34)25(17-20-9-11-22(12-10-20)27-31-14-15-37-27)32-26(33)24(16-21-6-5-13-30-18-21)19-38-29(35)23-7-3-2-4-8-23/h2-15,18,24-25H,16-17,19H2,1H3,(H,32,33). The highest BCUT2D eigenvalue weighted by Gasteiger charge is 2.27. The van der Waals surface area contributed by atoms with E-state index in [2.05, 4.69) is 15.3 Å². The van der Waals surface area contributed by atoms with Gasteiger partial charge in [-0.25, -0.2) is 9.78 Å². The highest BCUT2D eigenvalue weighted by molar-refractivity contribution is 8.14. The monoisotopic (exact) mass is 545 g/mol. The zero-order valence-corrected chi connectivity index (χ0v) is 22.4. The lowest BCUT2D eigenvalue weighted by Gasteiger charge is -2.21. The Morgan fingerprint density at radius 1 is 0.947 bits per heavy atom. The number of amides is 1. The number of carbonyl (C=O) groups excluding carboxylic acids is 3. The fraction of sp³-hybridized carbons (Fsp3) is 0.207. The van der Waals surface area contributed by atoms with E-state index in [0.717, 1.165) is 33.5 Å². The smallest absolute Gasteiger partial charge is 0.328 e. The molecule has 4 aromatic rings. The number of methoxy groups -OCH3 is 1. The Bertz CT molecular complexity index is 1330. The molecule has 2 aromatic carbocycles. The lowest BCUT2D eigenvalue weighted by atomic mass is 9.99. The molecule has 2 aromatic heterocycles. The van der Waals surface area contributed by atoms with E-state index in [0.29, 0.717) is 12.0 Å². The average Bonchev–Trinajstić information content (AvgIpc) is 3.51. The molecule has 9 heteroatoms. The van der Waals surface area contributed by atoms with Gasteiger partial charge >= 0.3 is 5.97 Å².